The van der Waals surface area contributed by atoms with Gasteiger partial charge in [-0.05, 0) is 51.5 Å². The molecular weight excluding hydrogens is 476 g/mol. The second-order valence-electron chi connectivity index (χ2n) is 8.10. The third-order valence-corrected chi connectivity index (χ3v) is 6.78. The van der Waals surface area contributed by atoms with Crippen molar-refractivity contribution in [3.63, 3.8) is 0 Å². The molecule has 7 nitrogen and oxygen atoms in total. The number of ether oxygens (including phenoxy) is 2. The van der Waals surface area contributed by atoms with Crippen molar-refractivity contribution in [2.24, 2.45) is 0 Å². The van der Waals surface area contributed by atoms with Crippen molar-refractivity contribution in [1.29, 1.82) is 0 Å². The monoisotopic (exact) mass is 502 g/mol. The first-order chi connectivity index (χ1) is 17.3. The first-order valence-electron chi connectivity index (χ1n) is 11.6. The van der Waals surface area contributed by atoms with Crippen LogP contribution in [0.15, 0.2) is 54.6 Å². The number of amides is 1. The lowest BCUT2D eigenvalue weighted by Crippen LogP contribution is -2.15. The van der Waals surface area contributed by atoms with Crippen LogP contribution in [-0.4, -0.2) is 36.0 Å². The summed E-state index contributed by atoms with van der Waals surface area (Å²) in [4.78, 5) is 43.9. The fraction of sp³-hybridized carbons (Fsp3) is 0.214. The van der Waals surface area contributed by atoms with Crippen LogP contribution in [0.1, 0.15) is 55.4 Å². The van der Waals surface area contributed by atoms with Crippen molar-refractivity contribution in [3.05, 3.63) is 81.7 Å². The molecule has 0 aliphatic carbocycles. The third-order valence-electron chi connectivity index (χ3n) is 5.59. The summed E-state index contributed by atoms with van der Waals surface area (Å²) in [6.07, 6.45) is 0. The maximum absolute atomic E-state index is 13.6. The van der Waals surface area contributed by atoms with Crippen LogP contribution in [0.3, 0.4) is 0 Å². The number of nitrogens with one attached hydrogen (secondary N) is 1. The predicted molar refractivity (Wildman–Crippen MR) is 141 cm³/mol. The van der Waals surface area contributed by atoms with Crippen molar-refractivity contribution < 1.29 is 23.9 Å². The molecule has 184 valence electrons. The number of thiophene rings is 1. The van der Waals surface area contributed by atoms with Gasteiger partial charge in [-0.1, -0.05) is 42.0 Å². The summed E-state index contributed by atoms with van der Waals surface area (Å²) < 4.78 is 10.3. The number of aryl methyl sites for hydroxylation is 1. The molecule has 0 radical (unpaired) electrons. The van der Waals surface area contributed by atoms with Crippen molar-refractivity contribution in [3.8, 4) is 11.3 Å². The van der Waals surface area contributed by atoms with E-state index >= 15 is 0 Å². The Hall–Kier alpha value is -4.04. The molecule has 1 N–H and O–H groups in total. The van der Waals surface area contributed by atoms with Gasteiger partial charge in [0.25, 0.3) is 5.91 Å². The second-order valence-corrected chi connectivity index (χ2v) is 9.12. The Bertz CT molecular complexity index is 1470. The van der Waals surface area contributed by atoms with Gasteiger partial charge in [0.1, 0.15) is 9.88 Å². The minimum Gasteiger partial charge on any atom is -0.462 e. The number of pyridine rings is 1. The van der Waals surface area contributed by atoms with Crippen LogP contribution in [0.4, 0.5) is 5.00 Å². The van der Waals surface area contributed by atoms with Crippen LogP contribution in [0.25, 0.3) is 22.2 Å². The van der Waals surface area contributed by atoms with Gasteiger partial charge in [-0.15, -0.1) is 11.3 Å². The Morgan fingerprint density at radius 1 is 0.917 bits per heavy atom. The molecule has 0 aliphatic rings. The Balaban J connectivity index is 1.81. The highest BCUT2D eigenvalue weighted by atomic mass is 32.1. The summed E-state index contributed by atoms with van der Waals surface area (Å²) in [6.45, 7) is 7.39. The van der Waals surface area contributed by atoms with E-state index in [2.05, 4.69) is 5.32 Å². The number of para-hydroxylation sites is 1. The molecule has 0 aliphatic heterocycles. The number of hydrogen-bond donors (Lipinski definition) is 1. The van der Waals surface area contributed by atoms with Gasteiger partial charge in [-0.3, -0.25) is 4.79 Å². The molecule has 0 atom stereocenters. The lowest BCUT2D eigenvalue weighted by atomic mass is 10.0. The van der Waals surface area contributed by atoms with Crippen molar-refractivity contribution in [2.45, 2.75) is 27.7 Å². The SMILES string of the molecule is CCOC(=O)c1sc(NC(=O)c2cc(-c3cccc(C)c3)nc3ccccc23)c(C(=O)OCC)c1C. The number of esters is 2. The number of aromatic nitrogens is 1. The average molecular weight is 503 g/mol. The molecule has 0 spiro atoms. The molecule has 2 aromatic heterocycles. The van der Waals surface area contributed by atoms with Gasteiger partial charge in [0.2, 0.25) is 0 Å². The van der Waals surface area contributed by atoms with E-state index in [-0.39, 0.29) is 28.7 Å². The number of fused-ring (bicyclic) bond motifs is 1. The third kappa shape index (κ3) is 4.99. The predicted octanol–water partition coefficient (Wildman–Crippen LogP) is 6.19. The minimum atomic E-state index is -0.614. The molecule has 4 rings (SSSR count). The number of rotatable bonds is 7. The topological polar surface area (TPSA) is 94.6 Å². The van der Waals surface area contributed by atoms with Crippen LogP contribution in [0.5, 0.6) is 0 Å². The summed E-state index contributed by atoms with van der Waals surface area (Å²) >= 11 is 0.996. The summed E-state index contributed by atoms with van der Waals surface area (Å²) in [5.74, 6) is -1.59. The Labute approximate surface area is 213 Å². The lowest BCUT2D eigenvalue weighted by Gasteiger charge is -2.11. The number of hydrogen-bond acceptors (Lipinski definition) is 7. The van der Waals surface area contributed by atoms with Crippen LogP contribution in [-0.2, 0) is 9.47 Å². The molecule has 36 heavy (non-hydrogen) atoms. The number of carbonyl (C=O) groups is 3. The molecule has 8 heteroatoms. The molecular formula is C28H26N2O5S. The zero-order valence-corrected chi connectivity index (χ0v) is 21.3. The Morgan fingerprint density at radius 2 is 1.64 bits per heavy atom. The number of nitrogens with zero attached hydrogens (tertiary/aromatic N) is 1. The van der Waals surface area contributed by atoms with Crippen LogP contribution >= 0.6 is 11.3 Å². The average Bonchev–Trinajstić information content (AvgIpc) is 3.19. The maximum atomic E-state index is 13.6. The van der Waals surface area contributed by atoms with E-state index in [0.29, 0.717) is 27.7 Å². The zero-order valence-electron chi connectivity index (χ0n) is 20.5. The quantitative estimate of drug-likeness (QED) is 0.303. The normalized spacial score (nSPS) is 10.8. The lowest BCUT2D eigenvalue weighted by molar-refractivity contribution is 0.0527. The molecule has 0 fully saturated rings. The van der Waals surface area contributed by atoms with Gasteiger partial charge in [0.05, 0.1) is 35.6 Å². The maximum Gasteiger partial charge on any atom is 0.348 e. The van der Waals surface area contributed by atoms with E-state index in [1.165, 1.54) is 0 Å². The molecule has 2 heterocycles. The van der Waals surface area contributed by atoms with Gasteiger partial charge in [-0.2, -0.15) is 0 Å². The summed E-state index contributed by atoms with van der Waals surface area (Å²) in [5.41, 5.74) is 4.25. The largest absolute Gasteiger partial charge is 0.462 e. The smallest absolute Gasteiger partial charge is 0.348 e. The summed E-state index contributed by atoms with van der Waals surface area (Å²) in [7, 11) is 0. The Morgan fingerprint density at radius 3 is 2.36 bits per heavy atom. The van der Waals surface area contributed by atoms with Gasteiger partial charge < -0.3 is 14.8 Å². The molecule has 2 aromatic carbocycles. The molecule has 4 aromatic rings. The van der Waals surface area contributed by atoms with Gasteiger partial charge in [0.15, 0.2) is 0 Å². The van der Waals surface area contributed by atoms with Gasteiger partial charge >= 0.3 is 11.9 Å². The van der Waals surface area contributed by atoms with E-state index in [4.69, 9.17) is 14.5 Å². The highest BCUT2D eigenvalue weighted by Crippen LogP contribution is 2.35. The fourth-order valence-electron chi connectivity index (χ4n) is 3.93. The molecule has 1 amide bonds. The fourth-order valence-corrected chi connectivity index (χ4v) is 5.01. The van der Waals surface area contributed by atoms with E-state index in [9.17, 15) is 14.4 Å². The number of anilines is 1. The standard InChI is InChI=1S/C28H26N2O5S/c1-5-34-27(32)23-17(4)24(28(33)35-6-2)36-26(23)30-25(31)20-15-22(18-11-9-10-16(3)14-18)29-21-13-8-7-12-19(20)21/h7-15H,5-6H2,1-4H3,(H,30,31). The summed E-state index contributed by atoms with van der Waals surface area (Å²) in [5, 5.41) is 3.75. The van der Waals surface area contributed by atoms with E-state index < -0.39 is 17.8 Å². The van der Waals surface area contributed by atoms with Crippen molar-refractivity contribution in [2.75, 3.05) is 18.5 Å². The number of benzene rings is 2. The summed E-state index contributed by atoms with van der Waals surface area (Å²) in [6, 6.07) is 17.0. The van der Waals surface area contributed by atoms with E-state index in [0.717, 1.165) is 22.5 Å². The second kappa shape index (κ2) is 10.7. The van der Waals surface area contributed by atoms with Crippen LogP contribution < -0.4 is 5.32 Å². The van der Waals surface area contributed by atoms with Crippen LogP contribution in [0.2, 0.25) is 0 Å². The first-order valence-corrected chi connectivity index (χ1v) is 12.4. The zero-order chi connectivity index (χ0) is 25.8. The van der Waals surface area contributed by atoms with Gasteiger partial charge in [-0.25, -0.2) is 14.6 Å². The highest BCUT2D eigenvalue weighted by Gasteiger charge is 2.28. The van der Waals surface area contributed by atoms with Crippen molar-refractivity contribution >= 4 is 45.1 Å². The van der Waals surface area contributed by atoms with Gasteiger partial charge in [0, 0.05) is 10.9 Å². The molecule has 0 saturated heterocycles. The highest BCUT2D eigenvalue weighted by molar-refractivity contribution is 7.18. The van der Waals surface area contributed by atoms with E-state index in [1.54, 1.807) is 26.8 Å². The Kier molecular flexibility index (Phi) is 7.45. The molecule has 0 bridgehead atoms. The van der Waals surface area contributed by atoms with Crippen LogP contribution in [0, 0.1) is 13.8 Å². The van der Waals surface area contributed by atoms with E-state index in [1.807, 2.05) is 55.5 Å². The minimum absolute atomic E-state index is 0.149. The first kappa shape index (κ1) is 25.1. The molecule has 0 saturated carbocycles. The number of carbonyl (C=O) groups excluding carboxylic acids is 3. The van der Waals surface area contributed by atoms with Crippen molar-refractivity contribution in [1.82, 2.24) is 4.98 Å². The molecule has 0 unspecified atom stereocenters.